The molecule has 0 aliphatic heterocycles. The van der Waals surface area contributed by atoms with Gasteiger partial charge in [-0.1, -0.05) is 11.8 Å². The van der Waals surface area contributed by atoms with Crippen molar-refractivity contribution in [2.24, 2.45) is 0 Å². The van der Waals surface area contributed by atoms with Gasteiger partial charge in [0.2, 0.25) is 0 Å². The largest absolute Gasteiger partial charge is 0.497 e. The van der Waals surface area contributed by atoms with Crippen LogP contribution >= 0.6 is 23.1 Å². The van der Waals surface area contributed by atoms with Crippen molar-refractivity contribution >= 4 is 39.1 Å². The molecule has 0 unspecified atom stereocenters. The van der Waals surface area contributed by atoms with Crippen molar-refractivity contribution in [2.75, 3.05) is 20.0 Å². The summed E-state index contributed by atoms with van der Waals surface area (Å²) in [6, 6.07) is 5.26. The van der Waals surface area contributed by atoms with E-state index < -0.39 is 0 Å². The summed E-state index contributed by atoms with van der Waals surface area (Å²) in [7, 11) is 3.15. The topological polar surface area (TPSA) is 61.3 Å². The molecule has 4 rings (SSSR count). The minimum Gasteiger partial charge on any atom is -0.497 e. The fourth-order valence-corrected chi connectivity index (χ4v) is 5.76. The number of ether oxygens (including phenoxy) is 2. The highest BCUT2D eigenvalue weighted by molar-refractivity contribution is 8.00. The summed E-state index contributed by atoms with van der Waals surface area (Å²) in [5, 5.41) is 2.07. The number of rotatable bonds is 6. The normalized spacial score (nSPS) is 13.0. The first-order chi connectivity index (χ1) is 13.1. The SMILES string of the molecule is COc1ccc(C(=O)CSc2nc(C)nc3sc4c(c23)CCC4)c(OC)c1. The van der Waals surface area contributed by atoms with Crippen molar-refractivity contribution in [3.63, 3.8) is 0 Å². The first kappa shape index (κ1) is 18.3. The zero-order chi connectivity index (χ0) is 19.0. The number of benzene rings is 1. The third kappa shape index (κ3) is 3.41. The molecular weight excluding hydrogens is 380 g/mol. The molecule has 0 bridgehead atoms. The van der Waals surface area contributed by atoms with Crippen LogP contribution in [0.4, 0.5) is 0 Å². The monoisotopic (exact) mass is 400 g/mol. The van der Waals surface area contributed by atoms with Crippen LogP contribution in [0.2, 0.25) is 0 Å². The van der Waals surface area contributed by atoms with Gasteiger partial charge in [-0.15, -0.1) is 11.3 Å². The number of Topliss-reactive ketones (excluding diaryl/α,β-unsaturated/α-hetero) is 1. The number of ketones is 1. The average Bonchev–Trinajstić information content (AvgIpc) is 3.25. The van der Waals surface area contributed by atoms with E-state index in [1.807, 2.05) is 6.92 Å². The second kappa shape index (κ2) is 7.48. The van der Waals surface area contributed by atoms with Gasteiger partial charge in [0.05, 0.1) is 25.5 Å². The van der Waals surface area contributed by atoms with Gasteiger partial charge >= 0.3 is 0 Å². The van der Waals surface area contributed by atoms with Crippen molar-refractivity contribution < 1.29 is 14.3 Å². The number of thiophene rings is 1. The Morgan fingerprint density at radius 2 is 2.07 bits per heavy atom. The van der Waals surface area contributed by atoms with Gasteiger partial charge in [-0.05, 0) is 43.9 Å². The lowest BCUT2D eigenvalue weighted by atomic mass is 10.1. The maximum atomic E-state index is 12.8. The molecule has 0 radical (unpaired) electrons. The molecule has 1 aliphatic rings. The lowest BCUT2D eigenvalue weighted by Crippen LogP contribution is -2.06. The number of aromatic nitrogens is 2. The van der Waals surface area contributed by atoms with Crippen LogP contribution in [0.1, 0.15) is 33.0 Å². The quantitative estimate of drug-likeness (QED) is 0.345. The van der Waals surface area contributed by atoms with E-state index in [0.29, 0.717) is 22.8 Å². The number of hydrogen-bond donors (Lipinski definition) is 0. The molecule has 0 fully saturated rings. The van der Waals surface area contributed by atoms with Crippen LogP contribution in [0.3, 0.4) is 0 Å². The molecule has 1 aromatic carbocycles. The van der Waals surface area contributed by atoms with Crippen molar-refractivity contribution in [2.45, 2.75) is 31.2 Å². The van der Waals surface area contributed by atoms with Gasteiger partial charge < -0.3 is 9.47 Å². The molecule has 7 heteroatoms. The Morgan fingerprint density at radius 3 is 2.85 bits per heavy atom. The van der Waals surface area contributed by atoms with Crippen molar-refractivity contribution in [3.05, 3.63) is 40.0 Å². The number of thioether (sulfide) groups is 1. The van der Waals surface area contributed by atoms with Gasteiger partial charge in [-0.3, -0.25) is 4.79 Å². The highest BCUT2D eigenvalue weighted by atomic mass is 32.2. The number of carbonyl (C=O) groups excluding carboxylic acids is 1. The Balaban J connectivity index is 1.61. The Hall–Kier alpha value is -2.12. The first-order valence-electron chi connectivity index (χ1n) is 8.77. The fourth-order valence-electron chi connectivity index (χ4n) is 3.41. The minimum absolute atomic E-state index is 0.00999. The summed E-state index contributed by atoms with van der Waals surface area (Å²) < 4.78 is 10.6. The Morgan fingerprint density at radius 1 is 1.22 bits per heavy atom. The molecule has 140 valence electrons. The molecule has 0 saturated heterocycles. The summed E-state index contributed by atoms with van der Waals surface area (Å²) in [5.74, 6) is 2.26. The lowest BCUT2D eigenvalue weighted by molar-refractivity contribution is 0.101. The Bertz CT molecular complexity index is 1030. The van der Waals surface area contributed by atoms with E-state index >= 15 is 0 Å². The van der Waals surface area contributed by atoms with Crippen LogP contribution in [0.15, 0.2) is 23.2 Å². The van der Waals surface area contributed by atoms with Crippen LogP contribution in [0, 0.1) is 6.92 Å². The molecular formula is C20H20N2O3S2. The molecule has 1 aliphatic carbocycles. The Kier molecular flexibility index (Phi) is 5.06. The maximum absolute atomic E-state index is 12.8. The average molecular weight is 401 g/mol. The van der Waals surface area contributed by atoms with Gasteiger partial charge in [-0.25, -0.2) is 9.97 Å². The number of aryl methyl sites for hydroxylation is 3. The number of carbonyl (C=O) groups is 1. The minimum atomic E-state index is 0.00999. The number of hydrogen-bond acceptors (Lipinski definition) is 7. The Labute approximate surface area is 166 Å². The van der Waals surface area contributed by atoms with E-state index in [-0.39, 0.29) is 5.78 Å². The molecule has 2 aromatic heterocycles. The van der Waals surface area contributed by atoms with Gasteiger partial charge in [0.1, 0.15) is 27.2 Å². The van der Waals surface area contributed by atoms with E-state index in [9.17, 15) is 4.79 Å². The van der Waals surface area contributed by atoms with Crippen LogP contribution in [0.5, 0.6) is 11.5 Å². The molecule has 0 N–H and O–H groups in total. The van der Waals surface area contributed by atoms with E-state index in [2.05, 4.69) is 9.97 Å². The summed E-state index contributed by atoms with van der Waals surface area (Å²) >= 11 is 3.26. The number of nitrogens with zero attached hydrogens (tertiary/aromatic N) is 2. The smallest absolute Gasteiger partial charge is 0.176 e. The second-order valence-electron chi connectivity index (χ2n) is 6.39. The molecule has 27 heavy (non-hydrogen) atoms. The standard InChI is InChI=1S/C20H20N2O3S2/c1-11-21-19(18-14-5-4-6-17(14)27-20(18)22-11)26-10-15(23)13-8-7-12(24-2)9-16(13)25-3/h7-9H,4-6,10H2,1-3H3. The number of methoxy groups -OCH3 is 2. The molecule has 0 saturated carbocycles. The lowest BCUT2D eigenvalue weighted by Gasteiger charge is -2.10. The van der Waals surface area contributed by atoms with Crippen molar-refractivity contribution in [3.8, 4) is 11.5 Å². The fraction of sp³-hybridized carbons (Fsp3) is 0.350. The van der Waals surface area contributed by atoms with Gasteiger partial charge in [0.25, 0.3) is 0 Å². The van der Waals surface area contributed by atoms with Gasteiger partial charge in [0, 0.05) is 16.3 Å². The van der Waals surface area contributed by atoms with E-state index in [0.717, 1.165) is 33.9 Å². The molecule has 0 amide bonds. The predicted molar refractivity (Wildman–Crippen MR) is 109 cm³/mol. The summed E-state index contributed by atoms with van der Waals surface area (Å²) in [4.78, 5) is 24.5. The molecule has 2 heterocycles. The van der Waals surface area contributed by atoms with Crippen molar-refractivity contribution in [1.29, 1.82) is 0 Å². The summed E-state index contributed by atoms with van der Waals surface area (Å²) in [5.41, 5.74) is 1.94. The highest BCUT2D eigenvalue weighted by Gasteiger charge is 2.23. The molecule has 5 nitrogen and oxygen atoms in total. The maximum Gasteiger partial charge on any atom is 0.176 e. The second-order valence-corrected chi connectivity index (χ2v) is 8.44. The van der Waals surface area contributed by atoms with Crippen molar-refractivity contribution in [1.82, 2.24) is 9.97 Å². The highest BCUT2D eigenvalue weighted by Crippen LogP contribution is 2.40. The van der Waals surface area contributed by atoms with Crippen LogP contribution in [-0.4, -0.2) is 35.7 Å². The predicted octanol–water partition coefficient (Wildman–Crippen LogP) is 4.48. The zero-order valence-electron chi connectivity index (χ0n) is 15.5. The third-order valence-corrected chi connectivity index (χ3v) is 6.85. The third-order valence-electron chi connectivity index (χ3n) is 4.69. The summed E-state index contributed by atoms with van der Waals surface area (Å²) in [6.45, 7) is 1.91. The van der Waals surface area contributed by atoms with E-state index in [1.54, 1.807) is 43.8 Å². The molecule has 0 spiro atoms. The molecule has 3 aromatic rings. The molecule has 0 atom stereocenters. The van der Waals surface area contributed by atoms with Gasteiger partial charge in [-0.2, -0.15) is 0 Å². The number of fused-ring (bicyclic) bond motifs is 3. The van der Waals surface area contributed by atoms with Gasteiger partial charge in [0.15, 0.2) is 5.78 Å². The zero-order valence-corrected chi connectivity index (χ0v) is 17.1. The van der Waals surface area contributed by atoms with Crippen LogP contribution in [-0.2, 0) is 12.8 Å². The van der Waals surface area contributed by atoms with E-state index in [4.69, 9.17) is 9.47 Å². The summed E-state index contributed by atoms with van der Waals surface area (Å²) in [6.07, 6.45) is 3.40. The van der Waals surface area contributed by atoms with E-state index in [1.165, 1.54) is 28.6 Å². The van der Waals surface area contributed by atoms with Crippen LogP contribution in [0.25, 0.3) is 10.2 Å². The van der Waals surface area contributed by atoms with Crippen LogP contribution < -0.4 is 9.47 Å². The first-order valence-corrected chi connectivity index (χ1v) is 10.6.